The predicted octanol–water partition coefficient (Wildman–Crippen LogP) is 4.46. The number of aliphatic imine (C=N–C) groups is 1. The summed E-state index contributed by atoms with van der Waals surface area (Å²) in [5.74, 6) is 0.456. The molecule has 0 aromatic heterocycles. The summed E-state index contributed by atoms with van der Waals surface area (Å²) in [7, 11) is 0. The van der Waals surface area contributed by atoms with E-state index in [4.69, 9.17) is 4.99 Å². The van der Waals surface area contributed by atoms with E-state index in [2.05, 4.69) is 80.7 Å². The molecule has 0 bridgehead atoms. The van der Waals surface area contributed by atoms with Gasteiger partial charge in [0, 0.05) is 12.8 Å². The van der Waals surface area contributed by atoms with E-state index in [1.54, 1.807) is 0 Å². The van der Waals surface area contributed by atoms with Crippen LogP contribution in [0.25, 0.3) is 0 Å². The van der Waals surface area contributed by atoms with Crippen molar-refractivity contribution < 1.29 is 9.59 Å². The molecule has 2 aromatic rings. The average Bonchev–Trinajstić information content (AvgIpc) is 3.48. The number of carbonyl (C=O) groups is 2. The molecule has 3 atom stereocenters. The zero-order valence-electron chi connectivity index (χ0n) is 21.6. The van der Waals surface area contributed by atoms with Gasteiger partial charge in [0.1, 0.15) is 12.1 Å². The first-order valence-corrected chi connectivity index (χ1v) is 13.3. The summed E-state index contributed by atoms with van der Waals surface area (Å²) < 4.78 is 0. The van der Waals surface area contributed by atoms with Crippen LogP contribution in [0.1, 0.15) is 48.9 Å². The Morgan fingerprint density at radius 2 is 1.81 bits per heavy atom. The molecule has 188 valence electrons. The number of hydrogen-bond donors (Lipinski definition) is 1. The van der Waals surface area contributed by atoms with Gasteiger partial charge in [-0.25, -0.2) is 0 Å². The topological polar surface area (TPSA) is 61.8 Å². The lowest BCUT2D eigenvalue weighted by atomic mass is 9.90. The highest BCUT2D eigenvalue weighted by molar-refractivity contribution is 5.98. The van der Waals surface area contributed by atoms with E-state index in [0.29, 0.717) is 18.9 Å². The molecule has 1 N–H and O–H groups in total. The first-order chi connectivity index (χ1) is 17.4. The highest BCUT2D eigenvalue weighted by Crippen LogP contribution is 2.32. The third-order valence-electron chi connectivity index (χ3n) is 7.78. The monoisotopic (exact) mass is 483 g/mol. The summed E-state index contributed by atoms with van der Waals surface area (Å²) in [6.07, 6.45) is 8.34. The molecule has 0 radical (unpaired) electrons. The van der Waals surface area contributed by atoms with Crippen molar-refractivity contribution in [2.24, 2.45) is 16.8 Å². The number of hydrogen-bond acceptors (Lipinski definition) is 3. The number of fused-ring (bicyclic) bond motifs is 1. The number of rotatable bonds is 8. The second kappa shape index (κ2) is 10.4. The van der Waals surface area contributed by atoms with Crippen LogP contribution in [0.4, 0.5) is 0 Å². The highest BCUT2D eigenvalue weighted by atomic mass is 16.2. The van der Waals surface area contributed by atoms with Crippen LogP contribution in [0, 0.1) is 18.8 Å². The minimum Gasteiger partial charge on any atom is -0.342 e. The Kier molecular flexibility index (Phi) is 7.08. The van der Waals surface area contributed by atoms with Crippen LogP contribution in [0.3, 0.4) is 0 Å². The van der Waals surface area contributed by atoms with Crippen molar-refractivity contribution in [2.75, 3.05) is 6.54 Å². The van der Waals surface area contributed by atoms with E-state index in [-0.39, 0.29) is 23.8 Å². The fraction of sp³-hybridized carbons (Fsp3) is 0.452. The molecule has 0 spiro atoms. The molecule has 0 saturated carbocycles. The van der Waals surface area contributed by atoms with Crippen LogP contribution in [0.5, 0.6) is 0 Å². The standard InChI is InChI=1S/C31H37N3O2/c1-20(2)13-28-30(35)33-29(26-16-24-9-4-5-10-25(24)17-26)31(36)34(28)19-23-15-27(32-18-23)12-11-22-8-6-7-21(3)14-22/h4-10,14-15,18,20,26-29H,11-13,16-17,19H2,1-3H3,(H,33,35)/t27?,28-,29-/m1/s1. The number of carbonyl (C=O) groups excluding carboxylic acids is 2. The molecular formula is C31H37N3O2. The second-order valence-electron chi connectivity index (χ2n) is 11.1. The van der Waals surface area contributed by atoms with E-state index in [1.807, 2.05) is 11.1 Å². The van der Waals surface area contributed by atoms with Crippen molar-refractivity contribution in [3.8, 4) is 0 Å². The van der Waals surface area contributed by atoms with Crippen molar-refractivity contribution in [2.45, 2.75) is 71.0 Å². The van der Waals surface area contributed by atoms with Gasteiger partial charge in [0.15, 0.2) is 0 Å². The van der Waals surface area contributed by atoms with Crippen molar-refractivity contribution in [1.29, 1.82) is 0 Å². The summed E-state index contributed by atoms with van der Waals surface area (Å²) in [5.41, 5.74) is 6.23. The Bertz CT molecular complexity index is 1170. The Morgan fingerprint density at radius 3 is 2.50 bits per heavy atom. The third-order valence-corrected chi connectivity index (χ3v) is 7.78. The van der Waals surface area contributed by atoms with Crippen LogP contribution in [0.2, 0.25) is 0 Å². The number of amides is 2. The van der Waals surface area contributed by atoms with Crippen LogP contribution in [-0.4, -0.2) is 47.6 Å². The quantitative estimate of drug-likeness (QED) is 0.603. The van der Waals surface area contributed by atoms with Gasteiger partial charge in [0.05, 0.1) is 6.04 Å². The molecule has 2 aromatic carbocycles. The highest BCUT2D eigenvalue weighted by Gasteiger charge is 2.45. The summed E-state index contributed by atoms with van der Waals surface area (Å²) in [5, 5.41) is 3.12. The maximum Gasteiger partial charge on any atom is 0.246 e. The first-order valence-electron chi connectivity index (χ1n) is 13.3. The predicted molar refractivity (Wildman–Crippen MR) is 144 cm³/mol. The lowest BCUT2D eigenvalue weighted by molar-refractivity contribution is -0.150. The molecule has 2 amide bonds. The van der Waals surface area contributed by atoms with E-state index >= 15 is 0 Å². The van der Waals surface area contributed by atoms with Gasteiger partial charge in [-0.15, -0.1) is 0 Å². The van der Waals surface area contributed by atoms with Gasteiger partial charge in [-0.3, -0.25) is 14.6 Å². The second-order valence-corrected chi connectivity index (χ2v) is 11.1. The fourth-order valence-corrected chi connectivity index (χ4v) is 5.96. The number of nitrogens with zero attached hydrogens (tertiary/aromatic N) is 2. The summed E-state index contributed by atoms with van der Waals surface area (Å²) in [6.45, 7) is 6.77. The summed E-state index contributed by atoms with van der Waals surface area (Å²) in [6, 6.07) is 16.2. The normalized spacial score (nSPS) is 23.8. The van der Waals surface area contributed by atoms with Gasteiger partial charge in [-0.2, -0.15) is 0 Å². The largest absolute Gasteiger partial charge is 0.342 e. The smallest absolute Gasteiger partial charge is 0.246 e. The van der Waals surface area contributed by atoms with Crippen LogP contribution < -0.4 is 5.32 Å². The lowest BCUT2D eigenvalue weighted by Gasteiger charge is -2.41. The van der Waals surface area contributed by atoms with Gasteiger partial charge in [0.2, 0.25) is 11.8 Å². The Morgan fingerprint density at radius 1 is 1.06 bits per heavy atom. The third kappa shape index (κ3) is 5.30. The first kappa shape index (κ1) is 24.5. The zero-order valence-corrected chi connectivity index (χ0v) is 21.6. The number of piperazine rings is 1. The summed E-state index contributed by atoms with van der Waals surface area (Å²) >= 11 is 0. The lowest BCUT2D eigenvalue weighted by Crippen LogP contribution is -2.65. The Labute approximate surface area is 214 Å². The van der Waals surface area contributed by atoms with Gasteiger partial charge in [-0.05, 0) is 73.1 Å². The number of aryl methyl sites for hydroxylation is 2. The van der Waals surface area contributed by atoms with Gasteiger partial charge >= 0.3 is 0 Å². The molecule has 2 aliphatic heterocycles. The Balaban J connectivity index is 1.29. The molecule has 1 fully saturated rings. The van der Waals surface area contributed by atoms with Crippen molar-refractivity contribution in [3.05, 3.63) is 82.4 Å². The maximum atomic E-state index is 13.9. The van der Waals surface area contributed by atoms with Gasteiger partial charge < -0.3 is 10.2 Å². The maximum absolute atomic E-state index is 13.9. The Hall–Kier alpha value is -3.21. The van der Waals surface area contributed by atoms with E-state index in [0.717, 1.165) is 31.3 Å². The molecule has 3 aliphatic rings. The van der Waals surface area contributed by atoms with E-state index in [9.17, 15) is 9.59 Å². The molecule has 2 heterocycles. The molecule has 5 rings (SSSR count). The van der Waals surface area contributed by atoms with Crippen molar-refractivity contribution >= 4 is 18.0 Å². The molecule has 1 aliphatic carbocycles. The van der Waals surface area contributed by atoms with Crippen LogP contribution in [-0.2, 0) is 28.9 Å². The number of benzene rings is 2. The minimum absolute atomic E-state index is 0.0178. The number of nitrogens with one attached hydrogen (secondary N) is 1. The average molecular weight is 484 g/mol. The molecule has 5 heteroatoms. The van der Waals surface area contributed by atoms with Crippen molar-refractivity contribution in [1.82, 2.24) is 10.2 Å². The van der Waals surface area contributed by atoms with E-state index in [1.165, 1.54) is 22.3 Å². The fourth-order valence-electron chi connectivity index (χ4n) is 5.96. The van der Waals surface area contributed by atoms with Gasteiger partial charge in [-0.1, -0.05) is 74.0 Å². The summed E-state index contributed by atoms with van der Waals surface area (Å²) in [4.78, 5) is 33.7. The van der Waals surface area contributed by atoms with Gasteiger partial charge in [0.25, 0.3) is 0 Å². The molecule has 1 unspecified atom stereocenters. The van der Waals surface area contributed by atoms with Crippen LogP contribution in [0.15, 0.2) is 65.2 Å². The molecular weight excluding hydrogens is 446 g/mol. The van der Waals surface area contributed by atoms with Crippen LogP contribution >= 0.6 is 0 Å². The molecule has 36 heavy (non-hydrogen) atoms. The molecule has 1 saturated heterocycles. The SMILES string of the molecule is Cc1cccc(CCC2C=C(CN3C(=O)[C@@H](C4Cc5ccccc5C4)NC(=O)[C@H]3CC(C)C)C=N2)c1. The van der Waals surface area contributed by atoms with E-state index < -0.39 is 12.1 Å². The zero-order chi connectivity index (χ0) is 25.2. The minimum atomic E-state index is -0.468. The molecule has 5 nitrogen and oxygen atoms in total. The van der Waals surface area contributed by atoms with Crippen molar-refractivity contribution in [3.63, 3.8) is 0 Å².